The highest BCUT2D eigenvalue weighted by atomic mass is 16.5. The maximum absolute atomic E-state index is 11.7. The van der Waals surface area contributed by atoms with Crippen LogP contribution in [-0.2, 0) is 4.74 Å². The molecule has 0 spiro atoms. The van der Waals surface area contributed by atoms with Gasteiger partial charge in [-0.25, -0.2) is 4.79 Å². The van der Waals surface area contributed by atoms with Gasteiger partial charge in [0.05, 0.1) is 12.8 Å². The lowest BCUT2D eigenvalue weighted by Crippen LogP contribution is -2.40. The summed E-state index contributed by atoms with van der Waals surface area (Å²) in [7, 11) is 0. The third kappa shape index (κ3) is 3.44. The quantitative estimate of drug-likeness (QED) is 0.487. The van der Waals surface area contributed by atoms with Crippen LogP contribution in [0, 0.1) is 0 Å². The lowest BCUT2D eigenvalue weighted by Gasteiger charge is -2.28. The van der Waals surface area contributed by atoms with E-state index in [9.17, 15) is 15.0 Å². The zero-order valence-electron chi connectivity index (χ0n) is 13.6. The number of nitrogen functional groups attached to an aromatic ring is 1. The third-order valence-corrected chi connectivity index (χ3v) is 3.22. The zero-order valence-corrected chi connectivity index (χ0v) is 13.6. The molecule has 0 aromatic carbocycles. The topological polar surface area (TPSA) is 140 Å². The summed E-state index contributed by atoms with van der Waals surface area (Å²) in [6, 6.07) is 3.10. The van der Waals surface area contributed by atoms with E-state index in [-0.39, 0.29) is 29.6 Å². The second-order valence-electron chi connectivity index (χ2n) is 5.00. The minimum Gasteiger partial charge on any atom is -0.462 e. The van der Waals surface area contributed by atoms with Crippen LogP contribution in [0.3, 0.4) is 0 Å². The van der Waals surface area contributed by atoms with Gasteiger partial charge in [0.1, 0.15) is 23.8 Å². The summed E-state index contributed by atoms with van der Waals surface area (Å²) in [6.07, 6.45) is -0.605. The molecule has 0 aliphatic rings. The predicted molar refractivity (Wildman–Crippen MR) is 85.4 cm³/mol. The van der Waals surface area contributed by atoms with Crippen LogP contribution in [0.4, 0.5) is 11.6 Å². The van der Waals surface area contributed by atoms with E-state index in [1.54, 1.807) is 19.1 Å². The smallest absolute Gasteiger partial charge is 0.343 e. The SMILES string of the molecule is CCOC(=O)c1cnn(-c2ccc(N(C(C)O)C(C)O)nn2)c1N. The van der Waals surface area contributed by atoms with Gasteiger partial charge in [-0.15, -0.1) is 10.2 Å². The van der Waals surface area contributed by atoms with Crippen LogP contribution in [0.25, 0.3) is 5.82 Å². The number of aliphatic hydroxyl groups excluding tert-OH is 2. The highest BCUT2D eigenvalue weighted by molar-refractivity contribution is 5.94. The molecule has 10 nitrogen and oxygen atoms in total. The maximum atomic E-state index is 11.7. The molecule has 0 amide bonds. The van der Waals surface area contributed by atoms with Crippen molar-refractivity contribution in [3.05, 3.63) is 23.9 Å². The van der Waals surface area contributed by atoms with Crippen molar-refractivity contribution in [2.75, 3.05) is 17.2 Å². The van der Waals surface area contributed by atoms with Gasteiger partial charge in [-0.2, -0.15) is 9.78 Å². The molecule has 2 unspecified atom stereocenters. The molecule has 0 aliphatic heterocycles. The van der Waals surface area contributed by atoms with E-state index in [1.807, 2.05) is 0 Å². The Morgan fingerprint density at radius 1 is 1.33 bits per heavy atom. The highest BCUT2D eigenvalue weighted by Gasteiger charge is 2.20. The Morgan fingerprint density at radius 3 is 2.50 bits per heavy atom. The van der Waals surface area contributed by atoms with Gasteiger partial charge in [0, 0.05) is 0 Å². The Morgan fingerprint density at radius 2 is 2.00 bits per heavy atom. The van der Waals surface area contributed by atoms with E-state index in [4.69, 9.17) is 10.5 Å². The molecule has 0 saturated carbocycles. The zero-order chi connectivity index (χ0) is 17.9. The second kappa shape index (κ2) is 7.23. The average Bonchev–Trinajstić information content (AvgIpc) is 2.89. The summed E-state index contributed by atoms with van der Waals surface area (Å²) in [4.78, 5) is 13.0. The molecule has 0 saturated heterocycles. The molecule has 2 aromatic rings. The fraction of sp³-hybridized carbons (Fsp3) is 0.429. The van der Waals surface area contributed by atoms with Crippen molar-refractivity contribution >= 4 is 17.6 Å². The van der Waals surface area contributed by atoms with Crippen LogP contribution in [0.1, 0.15) is 31.1 Å². The first-order valence-electron chi connectivity index (χ1n) is 7.36. The van der Waals surface area contributed by atoms with Gasteiger partial charge in [-0.05, 0) is 32.9 Å². The molecule has 2 aromatic heterocycles. The first kappa shape index (κ1) is 17.6. The molecule has 2 atom stereocenters. The average molecular weight is 336 g/mol. The first-order chi connectivity index (χ1) is 11.4. The van der Waals surface area contributed by atoms with Gasteiger partial charge in [0.2, 0.25) is 0 Å². The van der Waals surface area contributed by atoms with Gasteiger partial charge in [-0.1, -0.05) is 0 Å². The molecule has 2 heterocycles. The van der Waals surface area contributed by atoms with Gasteiger partial charge < -0.3 is 25.6 Å². The number of hydrogen-bond donors (Lipinski definition) is 3. The van der Waals surface area contributed by atoms with E-state index in [1.165, 1.54) is 29.6 Å². The number of ether oxygens (including phenoxy) is 1. The summed E-state index contributed by atoms with van der Waals surface area (Å²) in [6.45, 7) is 4.92. The summed E-state index contributed by atoms with van der Waals surface area (Å²) in [5, 5.41) is 31.3. The number of carbonyl (C=O) groups is 1. The molecule has 4 N–H and O–H groups in total. The summed E-state index contributed by atoms with van der Waals surface area (Å²) in [5.41, 5.74) is 6.04. The largest absolute Gasteiger partial charge is 0.462 e. The lowest BCUT2D eigenvalue weighted by atomic mass is 10.3. The number of nitrogens with two attached hydrogens (primary N) is 1. The third-order valence-electron chi connectivity index (χ3n) is 3.22. The second-order valence-corrected chi connectivity index (χ2v) is 5.00. The molecule has 0 aliphatic carbocycles. The standard InChI is InChI=1S/C14H20N6O4/c1-4-24-14(23)10-7-16-20(13(10)15)12-6-5-11(17-18-12)19(8(2)21)9(3)22/h5-9,21-22H,4,15H2,1-3H3. The lowest BCUT2D eigenvalue weighted by molar-refractivity contribution is 0.0527. The molecular formula is C14H20N6O4. The van der Waals surface area contributed by atoms with Crippen LogP contribution in [0.5, 0.6) is 0 Å². The Labute approximate surface area is 138 Å². The molecule has 0 fully saturated rings. The molecule has 10 heteroatoms. The van der Waals surface area contributed by atoms with Crippen molar-refractivity contribution in [2.24, 2.45) is 0 Å². The van der Waals surface area contributed by atoms with Crippen LogP contribution in [0.15, 0.2) is 18.3 Å². The van der Waals surface area contributed by atoms with Crippen LogP contribution >= 0.6 is 0 Å². The maximum Gasteiger partial charge on any atom is 0.343 e. The van der Waals surface area contributed by atoms with E-state index >= 15 is 0 Å². The Balaban J connectivity index is 2.30. The van der Waals surface area contributed by atoms with Gasteiger partial charge in [0.25, 0.3) is 0 Å². The predicted octanol–water partition coefficient (Wildman–Crippen LogP) is -0.0958. The van der Waals surface area contributed by atoms with Crippen molar-refractivity contribution in [3.8, 4) is 5.82 Å². The summed E-state index contributed by atoms with van der Waals surface area (Å²) < 4.78 is 6.14. The normalized spacial score (nSPS) is 13.4. The van der Waals surface area contributed by atoms with Crippen molar-refractivity contribution in [1.82, 2.24) is 20.0 Å². The van der Waals surface area contributed by atoms with E-state index in [0.717, 1.165) is 0 Å². The van der Waals surface area contributed by atoms with Gasteiger partial charge >= 0.3 is 5.97 Å². The molecular weight excluding hydrogens is 316 g/mol. The summed E-state index contributed by atoms with van der Waals surface area (Å²) >= 11 is 0. The number of rotatable bonds is 6. The van der Waals surface area contributed by atoms with Gasteiger partial charge in [-0.3, -0.25) is 0 Å². The van der Waals surface area contributed by atoms with Crippen molar-refractivity contribution in [1.29, 1.82) is 0 Å². The Kier molecular flexibility index (Phi) is 5.31. The number of carbonyl (C=O) groups excluding carboxylic acids is 1. The fourth-order valence-electron chi connectivity index (χ4n) is 2.17. The van der Waals surface area contributed by atoms with Gasteiger partial charge in [0.15, 0.2) is 11.6 Å². The first-order valence-corrected chi connectivity index (χ1v) is 7.36. The molecule has 24 heavy (non-hydrogen) atoms. The molecule has 0 radical (unpaired) electrons. The highest BCUT2D eigenvalue weighted by Crippen LogP contribution is 2.19. The molecule has 0 bridgehead atoms. The number of anilines is 2. The van der Waals surface area contributed by atoms with Crippen LogP contribution < -0.4 is 10.6 Å². The minimum atomic E-state index is -0.949. The minimum absolute atomic E-state index is 0.0819. The van der Waals surface area contributed by atoms with E-state index in [2.05, 4.69) is 15.3 Å². The molecule has 130 valence electrons. The number of aliphatic hydroxyl groups is 2. The molecule has 2 rings (SSSR count). The number of hydrogen-bond acceptors (Lipinski definition) is 9. The Bertz CT molecular complexity index is 690. The fourth-order valence-corrected chi connectivity index (χ4v) is 2.17. The number of esters is 1. The number of nitrogens with zero attached hydrogens (tertiary/aromatic N) is 5. The van der Waals surface area contributed by atoms with Crippen molar-refractivity contribution in [3.63, 3.8) is 0 Å². The Hall–Kier alpha value is -2.72. The van der Waals surface area contributed by atoms with E-state index in [0.29, 0.717) is 0 Å². The number of aromatic nitrogens is 4. The summed E-state index contributed by atoms with van der Waals surface area (Å²) in [5.74, 6) is 0.0710. The van der Waals surface area contributed by atoms with Crippen molar-refractivity contribution in [2.45, 2.75) is 33.2 Å². The van der Waals surface area contributed by atoms with Crippen LogP contribution in [-0.4, -0.2) is 55.2 Å². The van der Waals surface area contributed by atoms with E-state index < -0.39 is 18.4 Å². The van der Waals surface area contributed by atoms with Crippen LogP contribution in [0.2, 0.25) is 0 Å². The monoisotopic (exact) mass is 336 g/mol. The van der Waals surface area contributed by atoms with Crippen molar-refractivity contribution < 1.29 is 19.7 Å².